The van der Waals surface area contributed by atoms with Gasteiger partial charge in [-0.2, -0.15) is 0 Å². The second kappa shape index (κ2) is 11.3. The summed E-state index contributed by atoms with van der Waals surface area (Å²) in [7, 11) is -1.52. The molecule has 2 N–H and O–H groups in total. The Labute approximate surface area is 197 Å². The van der Waals surface area contributed by atoms with Gasteiger partial charge in [0, 0.05) is 12.1 Å². The normalized spacial score (nSPS) is 14.1. The summed E-state index contributed by atoms with van der Waals surface area (Å²) < 4.78 is 0. The first-order valence-electron chi connectivity index (χ1n) is 12.0. The molecule has 1 fully saturated rings. The van der Waals surface area contributed by atoms with E-state index in [9.17, 15) is 14.8 Å². The lowest BCUT2D eigenvalue weighted by molar-refractivity contribution is -0.118. The van der Waals surface area contributed by atoms with Gasteiger partial charge in [-0.3, -0.25) is 4.79 Å². The van der Waals surface area contributed by atoms with Crippen molar-refractivity contribution in [3.8, 4) is 0 Å². The molecule has 170 valence electrons. The summed E-state index contributed by atoms with van der Waals surface area (Å²) in [5.41, 5.74) is 4.80. The van der Waals surface area contributed by atoms with Crippen molar-refractivity contribution in [2.75, 3.05) is 4.90 Å². The molecule has 0 unspecified atom stereocenters. The molecule has 1 saturated carbocycles. The molecule has 0 spiro atoms. The monoisotopic (exact) mass is 441 g/mol. The Morgan fingerprint density at radius 1 is 0.818 bits per heavy atom. The van der Waals surface area contributed by atoms with Crippen LogP contribution in [0.25, 0.3) is 0 Å². The van der Waals surface area contributed by atoms with Crippen LogP contribution in [0.3, 0.4) is 0 Å². The maximum Gasteiger partial charge on any atom is 0.488 e. The van der Waals surface area contributed by atoms with Gasteiger partial charge >= 0.3 is 7.12 Å². The first kappa shape index (κ1) is 23.3. The topological polar surface area (TPSA) is 60.8 Å². The second-order valence-corrected chi connectivity index (χ2v) is 9.01. The third-order valence-corrected chi connectivity index (χ3v) is 6.67. The predicted octanol–water partition coefficient (Wildman–Crippen LogP) is 4.58. The van der Waals surface area contributed by atoms with E-state index in [4.69, 9.17) is 0 Å². The second-order valence-electron chi connectivity index (χ2n) is 9.01. The van der Waals surface area contributed by atoms with E-state index in [1.165, 1.54) is 37.7 Å². The van der Waals surface area contributed by atoms with Crippen molar-refractivity contribution in [3.63, 3.8) is 0 Å². The van der Waals surface area contributed by atoms with Crippen molar-refractivity contribution in [1.82, 2.24) is 0 Å². The number of anilines is 1. The van der Waals surface area contributed by atoms with E-state index in [0.29, 0.717) is 30.8 Å². The van der Waals surface area contributed by atoms with Crippen LogP contribution < -0.4 is 10.4 Å². The van der Waals surface area contributed by atoms with Crippen LogP contribution in [-0.2, 0) is 17.8 Å². The molecule has 0 aromatic heterocycles. The SMILES string of the molecule is O=C(CCc1ccccc1)N(Cc1ccc(C2CCCCC2)cc1)c1ccc(B(O)O)cc1. The van der Waals surface area contributed by atoms with Gasteiger partial charge in [-0.15, -0.1) is 0 Å². The van der Waals surface area contributed by atoms with Gasteiger partial charge in [0.05, 0.1) is 6.54 Å². The number of hydrogen-bond acceptors (Lipinski definition) is 3. The molecule has 4 rings (SSSR count). The van der Waals surface area contributed by atoms with Crippen LogP contribution in [0.4, 0.5) is 5.69 Å². The highest BCUT2D eigenvalue weighted by atomic mass is 16.4. The number of nitrogens with zero attached hydrogens (tertiary/aromatic N) is 1. The van der Waals surface area contributed by atoms with Crippen LogP contribution in [0.15, 0.2) is 78.9 Å². The van der Waals surface area contributed by atoms with Crippen molar-refractivity contribution < 1.29 is 14.8 Å². The van der Waals surface area contributed by atoms with Crippen molar-refractivity contribution >= 4 is 24.2 Å². The van der Waals surface area contributed by atoms with Gasteiger partial charge in [0.25, 0.3) is 0 Å². The molecule has 0 aliphatic heterocycles. The minimum absolute atomic E-state index is 0.0486. The fraction of sp³-hybridized carbons (Fsp3) is 0.321. The Bertz CT molecular complexity index is 1010. The summed E-state index contributed by atoms with van der Waals surface area (Å²) in [4.78, 5) is 15.1. The summed E-state index contributed by atoms with van der Waals surface area (Å²) in [5, 5.41) is 18.8. The minimum atomic E-state index is -1.52. The zero-order chi connectivity index (χ0) is 23.0. The lowest BCUT2D eigenvalue weighted by Crippen LogP contribution is -2.32. The summed E-state index contributed by atoms with van der Waals surface area (Å²) in [6, 6.07) is 25.7. The van der Waals surface area contributed by atoms with E-state index in [1.807, 2.05) is 30.3 Å². The number of aryl methyl sites for hydroxylation is 1. The van der Waals surface area contributed by atoms with E-state index < -0.39 is 7.12 Å². The molecule has 3 aromatic rings. The van der Waals surface area contributed by atoms with Gasteiger partial charge in [-0.25, -0.2) is 0 Å². The van der Waals surface area contributed by atoms with Gasteiger partial charge in [-0.05, 0) is 59.5 Å². The first-order valence-corrected chi connectivity index (χ1v) is 12.0. The molecule has 0 saturated heterocycles. The molecule has 0 atom stereocenters. The zero-order valence-electron chi connectivity index (χ0n) is 19.1. The number of carbonyl (C=O) groups is 1. The quantitative estimate of drug-likeness (QED) is 0.503. The van der Waals surface area contributed by atoms with Gasteiger partial charge in [-0.1, -0.05) is 86.0 Å². The van der Waals surface area contributed by atoms with Crippen molar-refractivity contribution in [3.05, 3.63) is 95.6 Å². The van der Waals surface area contributed by atoms with Crippen molar-refractivity contribution in [2.45, 2.75) is 57.4 Å². The van der Waals surface area contributed by atoms with Crippen molar-refractivity contribution in [2.24, 2.45) is 0 Å². The molecule has 33 heavy (non-hydrogen) atoms. The van der Waals surface area contributed by atoms with Gasteiger partial charge in [0.2, 0.25) is 5.91 Å². The zero-order valence-corrected chi connectivity index (χ0v) is 19.1. The third-order valence-electron chi connectivity index (χ3n) is 6.67. The Hall–Kier alpha value is -2.89. The lowest BCUT2D eigenvalue weighted by Gasteiger charge is -2.25. The number of amides is 1. The molecule has 0 bridgehead atoms. The maximum absolute atomic E-state index is 13.3. The summed E-state index contributed by atoms with van der Waals surface area (Å²) in [6.07, 6.45) is 7.61. The highest BCUT2D eigenvalue weighted by Gasteiger charge is 2.19. The van der Waals surface area contributed by atoms with Gasteiger partial charge in [0.15, 0.2) is 0 Å². The van der Waals surface area contributed by atoms with Crippen LogP contribution in [0.5, 0.6) is 0 Å². The van der Waals surface area contributed by atoms with E-state index in [2.05, 4.69) is 24.3 Å². The highest BCUT2D eigenvalue weighted by Crippen LogP contribution is 2.32. The summed E-state index contributed by atoms with van der Waals surface area (Å²) in [6.45, 7) is 0.486. The van der Waals surface area contributed by atoms with Gasteiger partial charge < -0.3 is 14.9 Å². The molecule has 4 nitrogen and oxygen atoms in total. The van der Waals surface area contributed by atoms with E-state index in [-0.39, 0.29) is 5.91 Å². The summed E-state index contributed by atoms with van der Waals surface area (Å²) >= 11 is 0. The molecule has 0 radical (unpaired) electrons. The fourth-order valence-corrected chi connectivity index (χ4v) is 4.69. The fourth-order valence-electron chi connectivity index (χ4n) is 4.69. The molecule has 1 aliphatic rings. The molecular weight excluding hydrogens is 409 g/mol. The van der Waals surface area contributed by atoms with Crippen LogP contribution in [0.1, 0.15) is 61.1 Å². The largest absolute Gasteiger partial charge is 0.488 e. The molecular formula is C28H32BNO3. The number of hydrogen-bond donors (Lipinski definition) is 2. The van der Waals surface area contributed by atoms with Gasteiger partial charge in [0.1, 0.15) is 0 Å². The van der Waals surface area contributed by atoms with E-state index in [1.54, 1.807) is 29.2 Å². The number of carbonyl (C=O) groups excluding carboxylic acids is 1. The minimum Gasteiger partial charge on any atom is -0.423 e. The molecule has 1 amide bonds. The maximum atomic E-state index is 13.3. The predicted molar refractivity (Wildman–Crippen MR) is 134 cm³/mol. The standard InChI is InChI=1S/C28H32BNO3/c31-28(20-13-22-7-3-1-4-8-22)30(27-18-16-26(17-19-27)29(32)33)21-23-11-14-25(15-12-23)24-9-5-2-6-10-24/h1,3-4,7-8,11-12,14-19,24,32-33H,2,5-6,9-10,13,20-21H2. The first-order chi connectivity index (χ1) is 16.1. The smallest absolute Gasteiger partial charge is 0.423 e. The van der Waals surface area contributed by atoms with Crippen LogP contribution in [0, 0.1) is 0 Å². The van der Waals surface area contributed by atoms with E-state index >= 15 is 0 Å². The highest BCUT2D eigenvalue weighted by molar-refractivity contribution is 6.58. The Kier molecular flexibility index (Phi) is 7.98. The average Bonchev–Trinajstić information content (AvgIpc) is 2.87. The Morgan fingerprint density at radius 2 is 1.48 bits per heavy atom. The Balaban J connectivity index is 1.50. The van der Waals surface area contributed by atoms with Crippen LogP contribution in [0.2, 0.25) is 0 Å². The number of benzene rings is 3. The lowest BCUT2D eigenvalue weighted by atomic mass is 9.80. The summed E-state index contributed by atoms with van der Waals surface area (Å²) in [5.74, 6) is 0.710. The van der Waals surface area contributed by atoms with Crippen LogP contribution >= 0.6 is 0 Å². The van der Waals surface area contributed by atoms with E-state index in [0.717, 1.165) is 16.8 Å². The molecule has 5 heteroatoms. The molecule has 1 aliphatic carbocycles. The average molecular weight is 441 g/mol. The Morgan fingerprint density at radius 3 is 2.12 bits per heavy atom. The van der Waals surface area contributed by atoms with Crippen molar-refractivity contribution in [1.29, 1.82) is 0 Å². The molecule has 3 aromatic carbocycles. The van der Waals surface area contributed by atoms with Crippen LogP contribution in [-0.4, -0.2) is 23.1 Å². The molecule has 0 heterocycles. The number of rotatable bonds is 8. The third kappa shape index (κ3) is 6.34.